The number of aromatic nitrogens is 2. The average molecular weight is 329 g/mol. The van der Waals surface area contributed by atoms with Crippen molar-refractivity contribution in [2.24, 2.45) is 5.73 Å². The van der Waals surface area contributed by atoms with Gasteiger partial charge in [-0.15, -0.1) is 0 Å². The number of nitrogens with zero attached hydrogens (tertiary/aromatic N) is 2. The van der Waals surface area contributed by atoms with Crippen LogP contribution in [-0.4, -0.2) is 21.7 Å². The highest BCUT2D eigenvalue weighted by Gasteiger charge is 2.11. The van der Waals surface area contributed by atoms with E-state index < -0.39 is 11.9 Å². The third-order valence-electron chi connectivity index (χ3n) is 3.41. The normalized spacial score (nSPS) is 10.4. The predicted molar refractivity (Wildman–Crippen MR) is 87.5 cm³/mol. The van der Waals surface area contributed by atoms with E-state index in [-0.39, 0.29) is 17.9 Å². The molecule has 0 aliphatic heterocycles. The van der Waals surface area contributed by atoms with E-state index in [0.717, 1.165) is 12.8 Å². The van der Waals surface area contributed by atoms with Gasteiger partial charge in [0.1, 0.15) is 6.61 Å². The van der Waals surface area contributed by atoms with Crippen LogP contribution in [0.3, 0.4) is 0 Å². The minimum atomic E-state index is -0.612. The highest BCUT2D eigenvalue weighted by Crippen LogP contribution is 2.07. The summed E-state index contributed by atoms with van der Waals surface area (Å²) in [7, 11) is 0. The van der Waals surface area contributed by atoms with Crippen LogP contribution in [0.1, 0.15) is 46.2 Å². The maximum atomic E-state index is 12.1. The fraction of sp³-hybridized carbons (Fsp3) is 0.294. The molecule has 24 heavy (non-hydrogen) atoms. The molecule has 1 heterocycles. The van der Waals surface area contributed by atoms with Gasteiger partial charge in [0.15, 0.2) is 5.69 Å². The number of hydrogen-bond acceptors (Lipinski definition) is 5. The van der Waals surface area contributed by atoms with Crippen LogP contribution in [0.2, 0.25) is 0 Å². The van der Waals surface area contributed by atoms with Gasteiger partial charge in [0.05, 0.1) is 0 Å². The summed E-state index contributed by atoms with van der Waals surface area (Å²) in [6.07, 6.45) is 1.72. The van der Waals surface area contributed by atoms with Crippen molar-refractivity contribution in [2.45, 2.75) is 32.9 Å². The van der Waals surface area contributed by atoms with Gasteiger partial charge in [-0.2, -0.15) is 5.10 Å². The SMILES string of the molecule is CCCCn1nc(C(=O)OCc2ccc(C(N)=O)cc2)ccc1=O. The van der Waals surface area contributed by atoms with E-state index in [1.165, 1.54) is 16.8 Å². The number of hydrogen-bond donors (Lipinski definition) is 1. The lowest BCUT2D eigenvalue weighted by atomic mass is 10.1. The summed E-state index contributed by atoms with van der Waals surface area (Å²) in [6, 6.07) is 9.10. The zero-order valence-electron chi connectivity index (χ0n) is 13.4. The number of nitrogens with two attached hydrogens (primary N) is 1. The zero-order chi connectivity index (χ0) is 17.5. The van der Waals surface area contributed by atoms with Gasteiger partial charge in [-0.25, -0.2) is 9.48 Å². The van der Waals surface area contributed by atoms with Gasteiger partial charge < -0.3 is 10.5 Å². The Morgan fingerprint density at radius 3 is 2.50 bits per heavy atom. The predicted octanol–water partition coefficient (Wildman–Crippen LogP) is 1.50. The summed E-state index contributed by atoms with van der Waals surface area (Å²) in [5.74, 6) is -1.13. The summed E-state index contributed by atoms with van der Waals surface area (Å²) in [4.78, 5) is 34.7. The number of carbonyl (C=O) groups is 2. The van der Waals surface area contributed by atoms with Gasteiger partial charge >= 0.3 is 5.97 Å². The lowest BCUT2D eigenvalue weighted by Crippen LogP contribution is -2.25. The molecule has 2 rings (SSSR count). The molecular weight excluding hydrogens is 310 g/mol. The summed E-state index contributed by atoms with van der Waals surface area (Å²) in [6.45, 7) is 2.51. The Hall–Kier alpha value is -2.96. The standard InChI is InChI=1S/C17H19N3O4/c1-2-3-10-20-15(21)9-8-14(19-20)17(23)24-11-12-4-6-13(7-5-12)16(18)22/h4-9H,2-3,10-11H2,1H3,(H2,18,22). The van der Waals surface area contributed by atoms with Crippen molar-refractivity contribution >= 4 is 11.9 Å². The molecule has 7 nitrogen and oxygen atoms in total. The molecule has 1 aromatic heterocycles. The van der Waals surface area contributed by atoms with E-state index >= 15 is 0 Å². The number of primary amides is 1. The number of unbranched alkanes of at least 4 members (excludes halogenated alkanes) is 1. The van der Waals surface area contributed by atoms with E-state index in [1.54, 1.807) is 24.3 Å². The minimum Gasteiger partial charge on any atom is -0.456 e. The fourth-order valence-corrected chi connectivity index (χ4v) is 2.01. The van der Waals surface area contributed by atoms with Crippen molar-refractivity contribution in [2.75, 3.05) is 0 Å². The minimum absolute atomic E-state index is 0.0354. The molecule has 0 saturated carbocycles. The van der Waals surface area contributed by atoms with Gasteiger partial charge in [0.25, 0.3) is 5.56 Å². The molecule has 0 fully saturated rings. The average Bonchev–Trinajstić information content (AvgIpc) is 2.59. The van der Waals surface area contributed by atoms with Crippen LogP contribution < -0.4 is 11.3 Å². The van der Waals surface area contributed by atoms with E-state index in [0.29, 0.717) is 17.7 Å². The first-order valence-electron chi connectivity index (χ1n) is 7.65. The lowest BCUT2D eigenvalue weighted by molar-refractivity contribution is 0.0462. The van der Waals surface area contributed by atoms with E-state index in [2.05, 4.69) is 5.10 Å². The Kier molecular flexibility index (Phi) is 5.83. The number of rotatable bonds is 7. The molecule has 0 bridgehead atoms. The van der Waals surface area contributed by atoms with Crippen LogP contribution in [0.4, 0.5) is 0 Å². The van der Waals surface area contributed by atoms with Crippen molar-refractivity contribution in [3.05, 3.63) is 63.6 Å². The molecule has 0 aliphatic rings. The Labute approximate surface area is 139 Å². The third-order valence-corrected chi connectivity index (χ3v) is 3.41. The number of benzene rings is 1. The highest BCUT2D eigenvalue weighted by molar-refractivity contribution is 5.92. The Bertz CT molecular complexity index is 781. The number of carbonyl (C=O) groups excluding carboxylic acids is 2. The van der Waals surface area contributed by atoms with Crippen LogP contribution >= 0.6 is 0 Å². The first-order valence-corrected chi connectivity index (χ1v) is 7.65. The molecular formula is C17H19N3O4. The van der Waals surface area contributed by atoms with Gasteiger partial charge in [-0.1, -0.05) is 25.5 Å². The second-order valence-electron chi connectivity index (χ2n) is 5.27. The molecule has 0 spiro atoms. The third kappa shape index (κ3) is 4.52. The molecule has 2 N–H and O–H groups in total. The maximum Gasteiger partial charge on any atom is 0.359 e. The van der Waals surface area contributed by atoms with E-state index in [4.69, 9.17) is 10.5 Å². The van der Waals surface area contributed by atoms with E-state index in [1.807, 2.05) is 6.92 Å². The first kappa shape index (κ1) is 17.4. The highest BCUT2D eigenvalue weighted by atomic mass is 16.5. The lowest BCUT2D eigenvalue weighted by Gasteiger charge is -2.07. The summed E-state index contributed by atoms with van der Waals surface area (Å²) in [5.41, 5.74) is 6.10. The van der Waals surface area contributed by atoms with Gasteiger partial charge in [-0.3, -0.25) is 9.59 Å². The van der Waals surface area contributed by atoms with Gasteiger partial charge in [-0.05, 0) is 30.2 Å². The molecule has 1 amide bonds. The second kappa shape index (κ2) is 8.05. The molecule has 0 unspecified atom stereocenters. The molecule has 0 saturated heterocycles. The van der Waals surface area contributed by atoms with Crippen LogP contribution in [0, 0.1) is 0 Å². The van der Waals surface area contributed by atoms with Gasteiger partial charge in [0.2, 0.25) is 5.91 Å². The number of amides is 1. The second-order valence-corrected chi connectivity index (χ2v) is 5.27. The molecule has 0 radical (unpaired) electrons. The Morgan fingerprint density at radius 2 is 1.88 bits per heavy atom. The summed E-state index contributed by atoms with van der Waals surface area (Å²) < 4.78 is 6.45. The molecule has 0 aliphatic carbocycles. The zero-order valence-corrected chi connectivity index (χ0v) is 13.4. The fourth-order valence-electron chi connectivity index (χ4n) is 2.01. The first-order chi connectivity index (χ1) is 11.5. The summed E-state index contributed by atoms with van der Waals surface area (Å²) >= 11 is 0. The van der Waals surface area contributed by atoms with Crippen molar-refractivity contribution in [1.82, 2.24) is 9.78 Å². The monoisotopic (exact) mass is 329 g/mol. The van der Waals surface area contributed by atoms with Crippen LogP contribution in [0.5, 0.6) is 0 Å². The largest absolute Gasteiger partial charge is 0.456 e. The topological polar surface area (TPSA) is 104 Å². The van der Waals surface area contributed by atoms with Crippen LogP contribution in [-0.2, 0) is 17.9 Å². The smallest absolute Gasteiger partial charge is 0.359 e. The summed E-state index contributed by atoms with van der Waals surface area (Å²) in [5, 5.41) is 4.03. The van der Waals surface area contributed by atoms with Crippen molar-refractivity contribution < 1.29 is 14.3 Å². The van der Waals surface area contributed by atoms with Crippen molar-refractivity contribution in [1.29, 1.82) is 0 Å². The van der Waals surface area contributed by atoms with Gasteiger partial charge in [0, 0.05) is 18.2 Å². The molecule has 1 aromatic carbocycles. The van der Waals surface area contributed by atoms with Crippen molar-refractivity contribution in [3.8, 4) is 0 Å². The Morgan fingerprint density at radius 1 is 1.17 bits per heavy atom. The number of esters is 1. The van der Waals surface area contributed by atoms with Crippen molar-refractivity contribution in [3.63, 3.8) is 0 Å². The maximum absolute atomic E-state index is 12.1. The molecule has 2 aromatic rings. The molecule has 0 atom stereocenters. The quantitative estimate of drug-likeness (QED) is 0.775. The number of ether oxygens (including phenoxy) is 1. The molecule has 126 valence electrons. The number of aryl methyl sites for hydroxylation is 1. The molecule has 7 heteroatoms. The van der Waals surface area contributed by atoms with E-state index in [9.17, 15) is 14.4 Å². The van der Waals surface area contributed by atoms with Crippen LogP contribution in [0.15, 0.2) is 41.2 Å². The van der Waals surface area contributed by atoms with Crippen LogP contribution in [0.25, 0.3) is 0 Å². The Balaban J connectivity index is 2.01.